The minimum absolute atomic E-state index is 0.620. The molecular formula is C10H12ClN3. The molecule has 0 atom stereocenters. The van der Waals surface area contributed by atoms with Gasteiger partial charge in [-0.05, 0) is 25.6 Å². The molecule has 0 saturated heterocycles. The first-order chi connectivity index (χ1) is 6.72. The van der Waals surface area contributed by atoms with Crippen molar-refractivity contribution in [3.63, 3.8) is 0 Å². The van der Waals surface area contributed by atoms with E-state index in [1.165, 1.54) is 0 Å². The molecule has 0 aliphatic heterocycles. The van der Waals surface area contributed by atoms with E-state index in [2.05, 4.69) is 4.98 Å². The molecule has 14 heavy (non-hydrogen) atoms. The maximum Gasteiger partial charge on any atom is 0.110 e. The summed E-state index contributed by atoms with van der Waals surface area (Å²) >= 11 is 5.90. The van der Waals surface area contributed by atoms with E-state index in [9.17, 15) is 0 Å². The number of fused-ring (bicyclic) bond motifs is 1. The number of pyridine rings is 1. The first kappa shape index (κ1) is 9.49. The Morgan fingerprint density at radius 3 is 3.00 bits per heavy atom. The van der Waals surface area contributed by atoms with E-state index in [1.807, 2.05) is 29.7 Å². The van der Waals surface area contributed by atoms with E-state index in [0.717, 1.165) is 28.5 Å². The topological polar surface area (TPSA) is 43.3 Å². The number of hydrogen-bond acceptors (Lipinski definition) is 2. The summed E-state index contributed by atoms with van der Waals surface area (Å²) in [6.45, 7) is 2.58. The number of rotatable bonds is 2. The number of nitrogens with zero attached hydrogens (tertiary/aromatic N) is 2. The predicted molar refractivity (Wildman–Crippen MR) is 57.7 cm³/mol. The van der Waals surface area contributed by atoms with Crippen molar-refractivity contribution in [2.75, 3.05) is 6.54 Å². The zero-order chi connectivity index (χ0) is 10.1. The Balaban J connectivity index is 2.65. The van der Waals surface area contributed by atoms with Crippen molar-refractivity contribution in [1.82, 2.24) is 9.38 Å². The summed E-state index contributed by atoms with van der Waals surface area (Å²) in [6, 6.07) is 3.85. The van der Waals surface area contributed by atoms with Gasteiger partial charge in [-0.1, -0.05) is 11.6 Å². The van der Waals surface area contributed by atoms with E-state index in [0.29, 0.717) is 6.54 Å². The molecule has 2 aromatic rings. The summed E-state index contributed by atoms with van der Waals surface area (Å²) in [4.78, 5) is 4.44. The van der Waals surface area contributed by atoms with E-state index < -0.39 is 0 Å². The predicted octanol–water partition coefficient (Wildman–Crippen LogP) is 1.80. The molecule has 2 heterocycles. The van der Waals surface area contributed by atoms with Gasteiger partial charge >= 0.3 is 0 Å². The van der Waals surface area contributed by atoms with Crippen molar-refractivity contribution >= 4 is 17.1 Å². The van der Waals surface area contributed by atoms with Crippen molar-refractivity contribution in [1.29, 1.82) is 0 Å². The molecule has 4 heteroatoms. The molecule has 2 aromatic heterocycles. The Hall–Kier alpha value is -1.06. The van der Waals surface area contributed by atoms with Gasteiger partial charge in [-0.15, -0.1) is 0 Å². The second-order valence-corrected chi connectivity index (χ2v) is 3.68. The van der Waals surface area contributed by atoms with Gasteiger partial charge in [-0.2, -0.15) is 0 Å². The largest absolute Gasteiger partial charge is 0.330 e. The van der Waals surface area contributed by atoms with Crippen molar-refractivity contribution in [3.05, 3.63) is 34.9 Å². The molecule has 74 valence electrons. The average molecular weight is 210 g/mol. The summed E-state index contributed by atoms with van der Waals surface area (Å²) in [7, 11) is 0. The lowest BCUT2D eigenvalue weighted by Gasteiger charge is -1.97. The van der Waals surface area contributed by atoms with E-state index >= 15 is 0 Å². The van der Waals surface area contributed by atoms with E-state index in [-0.39, 0.29) is 0 Å². The fraction of sp³-hybridized carbons (Fsp3) is 0.300. The summed E-state index contributed by atoms with van der Waals surface area (Å²) in [5, 5.41) is 0.720. The van der Waals surface area contributed by atoms with Crippen LogP contribution in [0.15, 0.2) is 18.3 Å². The summed E-state index contributed by atoms with van der Waals surface area (Å²) in [5.41, 5.74) is 7.65. The number of hydrogen-bond donors (Lipinski definition) is 1. The summed E-state index contributed by atoms with van der Waals surface area (Å²) in [5.74, 6) is 0.950. The Labute approximate surface area is 87.5 Å². The maximum atomic E-state index is 5.90. The highest BCUT2D eigenvalue weighted by Crippen LogP contribution is 2.17. The Kier molecular flexibility index (Phi) is 2.44. The van der Waals surface area contributed by atoms with Crippen molar-refractivity contribution in [2.45, 2.75) is 13.3 Å². The fourth-order valence-corrected chi connectivity index (χ4v) is 1.77. The molecule has 0 saturated carbocycles. The lowest BCUT2D eigenvalue weighted by atomic mass is 10.2. The van der Waals surface area contributed by atoms with Crippen molar-refractivity contribution in [2.24, 2.45) is 5.73 Å². The van der Waals surface area contributed by atoms with E-state index in [1.54, 1.807) is 0 Å². The molecule has 2 rings (SSSR count). The van der Waals surface area contributed by atoms with Crippen LogP contribution in [0.2, 0.25) is 5.02 Å². The standard InChI is InChI=1S/C10H12ClN3/c1-7-13-9(4-5-12)10-3-2-8(11)6-14(7)10/h2-3,6H,4-5,12H2,1H3. The highest BCUT2D eigenvalue weighted by molar-refractivity contribution is 6.30. The Morgan fingerprint density at radius 2 is 2.29 bits per heavy atom. The van der Waals surface area contributed by atoms with Crippen LogP contribution >= 0.6 is 11.6 Å². The molecule has 0 aromatic carbocycles. The molecule has 0 amide bonds. The smallest absolute Gasteiger partial charge is 0.110 e. The van der Waals surface area contributed by atoms with Crippen LogP contribution in [-0.2, 0) is 6.42 Å². The monoisotopic (exact) mass is 209 g/mol. The van der Waals surface area contributed by atoms with Crippen LogP contribution in [0.1, 0.15) is 11.5 Å². The lowest BCUT2D eigenvalue weighted by molar-refractivity contribution is 0.933. The number of aryl methyl sites for hydroxylation is 1. The van der Waals surface area contributed by atoms with Crippen LogP contribution < -0.4 is 5.73 Å². The van der Waals surface area contributed by atoms with Crippen molar-refractivity contribution in [3.8, 4) is 0 Å². The number of imidazole rings is 1. The molecule has 2 N–H and O–H groups in total. The second kappa shape index (κ2) is 3.59. The Morgan fingerprint density at radius 1 is 1.50 bits per heavy atom. The van der Waals surface area contributed by atoms with Gasteiger partial charge in [-0.25, -0.2) is 4.98 Å². The summed E-state index contributed by atoms with van der Waals surface area (Å²) in [6.07, 6.45) is 2.68. The molecule has 3 nitrogen and oxygen atoms in total. The van der Waals surface area contributed by atoms with Gasteiger partial charge < -0.3 is 10.1 Å². The molecule has 0 unspecified atom stereocenters. The van der Waals surface area contributed by atoms with Crippen LogP contribution in [-0.4, -0.2) is 15.9 Å². The van der Waals surface area contributed by atoms with Gasteiger partial charge in [0.05, 0.1) is 16.2 Å². The van der Waals surface area contributed by atoms with Crippen molar-refractivity contribution < 1.29 is 0 Å². The average Bonchev–Trinajstić information content (AvgIpc) is 2.44. The minimum atomic E-state index is 0.620. The van der Waals surface area contributed by atoms with Gasteiger partial charge in [0.2, 0.25) is 0 Å². The zero-order valence-electron chi connectivity index (χ0n) is 8.00. The van der Waals surface area contributed by atoms with Gasteiger partial charge in [0, 0.05) is 12.6 Å². The van der Waals surface area contributed by atoms with Crippen LogP contribution in [0.4, 0.5) is 0 Å². The molecule has 0 bridgehead atoms. The lowest BCUT2D eigenvalue weighted by Crippen LogP contribution is -2.03. The van der Waals surface area contributed by atoms with Gasteiger partial charge in [0.1, 0.15) is 5.82 Å². The van der Waals surface area contributed by atoms with Gasteiger partial charge in [-0.3, -0.25) is 0 Å². The molecule has 0 aliphatic rings. The first-order valence-electron chi connectivity index (χ1n) is 4.55. The minimum Gasteiger partial charge on any atom is -0.330 e. The highest BCUT2D eigenvalue weighted by atomic mass is 35.5. The van der Waals surface area contributed by atoms with Crippen LogP contribution in [0.3, 0.4) is 0 Å². The summed E-state index contributed by atoms with van der Waals surface area (Å²) < 4.78 is 1.99. The van der Waals surface area contributed by atoms with Crippen LogP contribution in [0.25, 0.3) is 5.52 Å². The number of nitrogens with two attached hydrogens (primary N) is 1. The highest BCUT2D eigenvalue weighted by Gasteiger charge is 2.06. The third-order valence-corrected chi connectivity index (χ3v) is 2.46. The molecular weight excluding hydrogens is 198 g/mol. The number of halogens is 1. The quantitative estimate of drug-likeness (QED) is 0.820. The maximum absolute atomic E-state index is 5.90. The molecule has 0 fully saturated rings. The molecule has 0 radical (unpaired) electrons. The third-order valence-electron chi connectivity index (χ3n) is 2.23. The third kappa shape index (κ3) is 1.49. The SMILES string of the molecule is Cc1nc(CCN)c2ccc(Cl)cn12. The Bertz CT molecular complexity index is 462. The fourth-order valence-electron chi connectivity index (χ4n) is 1.60. The normalized spacial score (nSPS) is 11.1. The molecule has 0 spiro atoms. The van der Waals surface area contributed by atoms with E-state index in [4.69, 9.17) is 17.3 Å². The van der Waals surface area contributed by atoms with Crippen LogP contribution in [0.5, 0.6) is 0 Å². The first-order valence-corrected chi connectivity index (χ1v) is 4.93. The van der Waals surface area contributed by atoms with Gasteiger partial charge in [0.25, 0.3) is 0 Å². The zero-order valence-corrected chi connectivity index (χ0v) is 8.75. The molecule has 0 aliphatic carbocycles. The van der Waals surface area contributed by atoms with Gasteiger partial charge in [0.15, 0.2) is 0 Å². The second-order valence-electron chi connectivity index (χ2n) is 3.25. The number of aromatic nitrogens is 2. The van der Waals surface area contributed by atoms with Crippen LogP contribution in [0, 0.1) is 6.92 Å².